The van der Waals surface area contributed by atoms with Crippen LogP contribution < -0.4 is 5.32 Å². The minimum atomic E-state index is -0.983. The zero-order valence-corrected chi connectivity index (χ0v) is 17.6. The first-order valence-corrected chi connectivity index (χ1v) is 9.79. The predicted molar refractivity (Wildman–Crippen MR) is 119 cm³/mol. The maximum absolute atomic E-state index is 12.5. The largest absolute Gasteiger partial charge is 0.478 e. The third-order valence-corrected chi connectivity index (χ3v) is 5.21. The highest BCUT2D eigenvalue weighted by atomic mass is 16.4. The molecule has 6 heteroatoms. The van der Waals surface area contributed by atoms with Crippen LogP contribution in [0.15, 0.2) is 60.2 Å². The molecule has 0 bridgehead atoms. The first-order chi connectivity index (χ1) is 14.8. The van der Waals surface area contributed by atoms with Gasteiger partial charge in [-0.25, -0.2) is 4.79 Å². The minimum Gasteiger partial charge on any atom is -0.478 e. The summed E-state index contributed by atoms with van der Waals surface area (Å²) in [6, 6.07) is 18.5. The molecule has 0 fully saturated rings. The number of carboxylic acids is 1. The number of aryl methyl sites for hydroxylation is 1. The van der Waals surface area contributed by atoms with Gasteiger partial charge in [-0.05, 0) is 61.7 Å². The van der Waals surface area contributed by atoms with Gasteiger partial charge in [0.1, 0.15) is 11.6 Å². The number of rotatable bonds is 6. The Bertz CT molecular complexity index is 1210. The topological polar surface area (TPSA) is 95.1 Å². The molecule has 3 rings (SSSR count). The second-order valence-corrected chi connectivity index (χ2v) is 7.25. The molecule has 0 spiro atoms. The summed E-state index contributed by atoms with van der Waals surface area (Å²) >= 11 is 0. The lowest BCUT2D eigenvalue weighted by Gasteiger charge is -2.14. The SMILES string of the molecule is Cc1c(C(=O)O)cccc1-n1c(C)cc(/C=C(/C#N)C(=O)NCc2ccccc2)c1C. The Hall–Kier alpha value is -4.11. The fraction of sp³-hybridized carbons (Fsp3) is 0.160. The number of carbonyl (C=O) groups excluding carboxylic acids is 1. The van der Waals surface area contributed by atoms with Gasteiger partial charge in [-0.3, -0.25) is 4.79 Å². The maximum atomic E-state index is 12.5. The molecule has 2 aromatic carbocycles. The van der Waals surface area contributed by atoms with Crippen LogP contribution in [-0.2, 0) is 11.3 Å². The van der Waals surface area contributed by atoms with E-state index in [1.807, 2.05) is 66.9 Å². The summed E-state index contributed by atoms with van der Waals surface area (Å²) in [6.45, 7) is 5.88. The van der Waals surface area contributed by atoms with Gasteiger partial charge in [0.05, 0.1) is 5.56 Å². The molecule has 0 saturated heterocycles. The van der Waals surface area contributed by atoms with Crippen molar-refractivity contribution in [3.63, 3.8) is 0 Å². The highest BCUT2D eigenvalue weighted by molar-refractivity contribution is 6.01. The van der Waals surface area contributed by atoms with E-state index in [2.05, 4.69) is 5.32 Å². The number of nitrogens with one attached hydrogen (secondary N) is 1. The van der Waals surface area contributed by atoms with Gasteiger partial charge in [0.25, 0.3) is 5.91 Å². The Kier molecular flexibility index (Phi) is 6.37. The number of carboxylic acid groups (broad SMARTS) is 1. The fourth-order valence-electron chi connectivity index (χ4n) is 3.58. The smallest absolute Gasteiger partial charge is 0.336 e. The summed E-state index contributed by atoms with van der Waals surface area (Å²) in [6.07, 6.45) is 1.57. The molecule has 1 aromatic heterocycles. The number of aromatic carboxylic acids is 1. The molecule has 31 heavy (non-hydrogen) atoms. The van der Waals surface area contributed by atoms with Gasteiger partial charge in [0, 0.05) is 23.6 Å². The Labute approximate surface area is 181 Å². The number of aromatic nitrogens is 1. The molecular formula is C25H23N3O3. The molecule has 0 atom stereocenters. The van der Waals surface area contributed by atoms with Gasteiger partial charge in [-0.1, -0.05) is 36.4 Å². The van der Waals surface area contributed by atoms with Crippen molar-refractivity contribution in [2.24, 2.45) is 0 Å². The molecule has 1 amide bonds. The van der Waals surface area contributed by atoms with E-state index in [0.29, 0.717) is 12.1 Å². The van der Waals surface area contributed by atoms with E-state index in [4.69, 9.17) is 0 Å². The molecule has 0 aliphatic rings. The van der Waals surface area contributed by atoms with E-state index < -0.39 is 11.9 Å². The monoisotopic (exact) mass is 413 g/mol. The van der Waals surface area contributed by atoms with E-state index in [-0.39, 0.29) is 11.1 Å². The molecule has 0 saturated carbocycles. The molecule has 0 unspecified atom stereocenters. The summed E-state index contributed by atoms with van der Waals surface area (Å²) in [4.78, 5) is 24.0. The summed E-state index contributed by atoms with van der Waals surface area (Å²) in [7, 11) is 0. The first kappa shape index (κ1) is 21.6. The van der Waals surface area contributed by atoms with Crippen molar-refractivity contribution >= 4 is 18.0 Å². The van der Waals surface area contributed by atoms with Gasteiger partial charge in [0.2, 0.25) is 0 Å². The quantitative estimate of drug-likeness (QED) is 0.465. The van der Waals surface area contributed by atoms with Crippen LogP contribution in [0.2, 0.25) is 0 Å². The molecule has 3 aromatic rings. The highest BCUT2D eigenvalue weighted by Crippen LogP contribution is 2.26. The van der Waals surface area contributed by atoms with Crippen molar-refractivity contribution in [2.45, 2.75) is 27.3 Å². The third-order valence-electron chi connectivity index (χ3n) is 5.21. The Balaban J connectivity index is 1.93. The van der Waals surface area contributed by atoms with E-state index in [1.54, 1.807) is 25.1 Å². The molecule has 0 aliphatic carbocycles. The number of nitrogens with zero attached hydrogens (tertiary/aromatic N) is 2. The van der Waals surface area contributed by atoms with Crippen LogP contribution in [0.3, 0.4) is 0 Å². The van der Waals surface area contributed by atoms with Crippen LogP contribution in [0, 0.1) is 32.1 Å². The van der Waals surface area contributed by atoms with Gasteiger partial charge in [-0.15, -0.1) is 0 Å². The Morgan fingerprint density at radius 1 is 1.10 bits per heavy atom. The average molecular weight is 413 g/mol. The van der Waals surface area contributed by atoms with Crippen LogP contribution in [0.4, 0.5) is 0 Å². The van der Waals surface area contributed by atoms with Crippen molar-refractivity contribution in [3.8, 4) is 11.8 Å². The van der Waals surface area contributed by atoms with Crippen LogP contribution in [0.5, 0.6) is 0 Å². The summed E-state index contributed by atoms with van der Waals surface area (Å²) in [5, 5.41) is 21.7. The van der Waals surface area contributed by atoms with Crippen molar-refractivity contribution in [3.05, 3.63) is 93.8 Å². The molecule has 1 heterocycles. The molecule has 2 N–H and O–H groups in total. The normalized spacial score (nSPS) is 11.1. The molecule has 6 nitrogen and oxygen atoms in total. The third kappa shape index (κ3) is 4.57. The number of amides is 1. The predicted octanol–water partition coefficient (Wildman–Crippen LogP) is 4.32. The van der Waals surface area contributed by atoms with Crippen LogP contribution in [0.1, 0.15) is 38.4 Å². The van der Waals surface area contributed by atoms with Crippen molar-refractivity contribution in [1.82, 2.24) is 9.88 Å². The van der Waals surface area contributed by atoms with Gasteiger partial charge < -0.3 is 15.0 Å². The lowest BCUT2D eigenvalue weighted by Crippen LogP contribution is -2.23. The van der Waals surface area contributed by atoms with Crippen LogP contribution in [-0.4, -0.2) is 21.6 Å². The summed E-state index contributed by atoms with van der Waals surface area (Å²) in [5.74, 6) is -1.43. The highest BCUT2D eigenvalue weighted by Gasteiger charge is 2.17. The van der Waals surface area contributed by atoms with E-state index in [1.165, 1.54) is 0 Å². The van der Waals surface area contributed by atoms with Crippen molar-refractivity contribution in [1.29, 1.82) is 5.26 Å². The number of carbonyl (C=O) groups is 2. The molecule has 0 radical (unpaired) electrons. The van der Waals surface area contributed by atoms with E-state index in [0.717, 1.165) is 28.2 Å². The Morgan fingerprint density at radius 3 is 2.45 bits per heavy atom. The van der Waals surface area contributed by atoms with Gasteiger partial charge in [-0.2, -0.15) is 5.26 Å². The van der Waals surface area contributed by atoms with Gasteiger partial charge in [0.15, 0.2) is 0 Å². The van der Waals surface area contributed by atoms with Crippen molar-refractivity contribution in [2.75, 3.05) is 0 Å². The molecule has 0 aliphatic heterocycles. The van der Waals surface area contributed by atoms with E-state index >= 15 is 0 Å². The number of hydrogen-bond donors (Lipinski definition) is 2. The fourth-order valence-corrected chi connectivity index (χ4v) is 3.58. The zero-order valence-electron chi connectivity index (χ0n) is 17.6. The molecular weight excluding hydrogens is 390 g/mol. The zero-order chi connectivity index (χ0) is 22.5. The van der Waals surface area contributed by atoms with Crippen LogP contribution >= 0.6 is 0 Å². The van der Waals surface area contributed by atoms with Crippen molar-refractivity contribution < 1.29 is 14.7 Å². The first-order valence-electron chi connectivity index (χ1n) is 9.79. The second-order valence-electron chi connectivity index (χ2n) is 7.25. The lowest BCUT2D eigenvalue weighted by atomic mass is 10.1. The molecule has 156 valence electrons. The number of nitriles is 1. The maximum Gasteiger partial charge on any atom is 0.336 e. The average Bonchev–Trinajstić information content (AvgIpc) is 3.03. The summed E-state index contributed by atoms with van der Waals surface area (Å²) in [5.41, 5.74) is 4.99. The Morgan fingerprint density at radius 2 is 1.81 bits per heavy atom. The van der Waals surface area contributed by atoms with Crippen LogP contribution in [0.25, 0.3) is 11.8 Å². The van der Waals surface area contributed by atoms with Gasteiger partial charge >= 0.3 is 5.97 Å². The van der Waals surface area contributed by atoms with E-state index in [9.17, 15) is 20.0 Å². The minimum absolute atomic E-state index is 0.00666. The number of benzene rings is 2. The lowest BCUT2D eigenvalue weighted by molar-refractivity contribution is -0.117. The second kappa shape index (κ2) is 9.14. The summed E-state index contributed by atoms with van der Waals surface area (Å²) < 4.78 is 1.93. The standard InChI is InChI=1S/C25H23N3O3/c1-16-12-20(13-21(14-26)24(29)27-15-19-8-5-4-6-9-19)18(3)28(16)23-11-7-10-22(17(23)2)25(30)31/h4-13H,15H2,1-3H3,(H,27,29)(H,30,31)/b21-13-. The number of hydrogen-bond acceptors (Lipinski definition) is 3.